The van der Waals surface area contributed by atoms with Gasteiger partial charge in [-0.05, 0) is 31.5 Å². The Labute approximate surface area is 187 Å². The summed E-state index contributed by atoms with van der Waals surface area (Å²) in [4.78, 5) is 21.8. The van der Waals surface area contributed by atoms with E-state index in [0.717, 1.165) is 36.3 Å². The monoisotopic (exact) mass is 455 g/mol. The maximum Gasteiger partial charge on any atom is 0.322 e. The number of benzene rings is 1. The topological polar surface area (TPSA) is 149 Å². The molecule has 11 heteroatoms. The molecule has 32 heavy (non-hydrogen) atoms. The van der Waals surface area contributed by atoms with Gasteiger partial charge in [-0.15, -0.1) is 5.10 Å². The van der Waals surface area contributed by atoms with Crippen molar-refractivity contribution in [1.29, 1.82) is 0 Å². The number of nitrogens with zero attached hydrogens (tertiary/aromatic N) is 4. The molecule has 2 atom stereocenters. The number of hydrogen-bond donors (Lipinski definition) is 3. The zero-order chi connectivity index (χ0) is 22.7. The van der Waals surface area contributed by atoms with Crippen molar-refractivity contribution in [3.63, 3.8) is 0 Å². The molecule has 0 spiro atoms. The molecule has 1 amide bonds. The average molecular weight is 456 g/mol. The lowest BCUT2D eigenvalue weighted by Gasteiger charge is -2.21. The maximum absolute atomic E-state index is 12.4. The van der Waals surface area contributed by atoms with E-state index in [1.54, 1.807) is 6.20 Å². The second-order valence-electron chi connectivity index (χ2n) is 7.76. The van der Waals surface area contributed by atoms with Gasteiger partial charge in [-0.25, -0.2) is 9.97 Å². The number of carbonyl (C=O) groups excluding carboxylic acids is 1. The number of hydrogen-bond acceptors (Lipinski definition) is 9. The highest BCUT2D eigenvalue weighted by Gasteiger charge is 2.23. The van der Waals surface area contributed by atoms with E-state index in [9.17, 15) is 9.00 Å². The molecule has 3 aromatic rings. The highest BCUT2D eigenvalue weighted by Crippen LogP contribution is 2.27. The van der Waals surface area contributed by atoms with Crippen molar-refractivity contribution in [3.05, 3.63) is 30.5 Å². The number of carbonyl (C=O) groups is 1. The number of amides is 1. The van der Waals surface area contributed by atoms with Crippen molar-refractivity contribution in [1.82, 2.24) is 25.5 Å². The molecule has 3 heterocycles. The minimum Gasteiger partial charge on any atom is -0.401 e. The lowest BCUT2D eigenvalue weighted by molar-refractivity contribution is -0.118. The van der Waals surface area contributed by atoms with Gasteiger partial charge in [-0.1, -0.05) is 37.5 Å². The first kappa shape index (κ1) is 22.0. The SMILES string of the molecule is CC(C)S(=O)c1ccc(-c2cnc(N)c(-c3nnc(NC(=O)C4CCCCN4)o3)n2)cc1. The summed E-state index contributed by atoms with van der Waals surface area (Å²) < 4.78 is 17.8. The molecule has 1 fully saturated rings. The van der Waals surface area contributed by atoms with Crippen LogP contribution in [0.1, 0.15) is 33.1 Å². The Hall–Kier alpha value is -3.18. The number of piperidine rings is 1. The number of nitrogens with one attached hydrogen (secondary N) is 2. The molecule has 2 aromatic heterocycles. The third-order valence-corrected chi connectivity index (χ3v) is 6.69. The largest absolute Gasteiger partial charge is 0.401 e. The zero-order valence-corrected chi connectivity index (χ0v) is 18.7. The minimum absolute atomic E-state index is 0.0236. The Balaban J connectivity index is 1.53. The summed E-state index contributed by atoms with van der Waals surface area (Å²) in [6, 6.07) is 6.97. The molecule has 2 unspecified atom stereocenters. The quantitative estimate of drug-likeness (QED) is 0.509. The van der Waals surface area contributed by atoms with Crippen LogP contribution in [0.4, 0.5) is 11.8 Å². The molecular formula is C21H25N7O3S. The van der Waals surface area contributed by atoms with E-state index in [2.05, 4.69) is 30.8 Å². The molecule has 4 N–H and O–H groups in total. The summed E-state index contributed by atoms with van der Waals surface area (Å²) in [7, 11) is -1.07. The van der Waals surface area contributed by atoms with Gasteiger partial charge in [0.2, 0.25) is 5.91 Å². The van der Waals surface area contributed by atoms with Crippen LogP contribution >= 0.6 is 0 Å². The molecule has 0 bridgehead atoms. The summed E-state index contributed by atoms with van der Waals surface area (Å²) in [5, 5.41) is 13.7. The summed E-state index contributed by atoms with van der Waals surface area (Å²) in [5.74, 6) is -0.0328. The fourth-order valence-corrected chi connectivity index (χ4v) is 4.31. The second-order valence-corrected chi connectivity index (χ2v) is 9.77. The van der Waals surface area contributed by atoms with Crippen LogP contribution in [-0.4, -0.2) is 48.1 Å². The first-order chi connectivity index (χ1) is 15.4. The van der Waals surface area contributed by atoms with E-state index in [1.165, 1.54) is 0 Å². The lowest BCUT2D eigenvalue weighted by Crippen LogP contribution is -2.43. The van der Waals surface area contributed by atoms with Crippen LogP contribution in [0.3, 0.4) is 0 Å². The maximum atomic E-state index is 12.4. The van der Waals surface area contributed by atoms with Gasteiger partial charge in [-0.2, -0.15) is 0 Å². The van der Waals surface area contributed by atoms with Gasteiger partial charge in [0.15, 0.2) is 11.5 Å². The molecule has 4 rings (SSSR count). The predicted octanol–water partition coefficient (Wildman–Crippen LogP) is 2.37. The summed E-state index contributed by atoms with van der Waals surface area (Å²) >= 11 is 0. The van der Waals surface area contributed by atoms with E-state index < -0.39 is 10.8 Å². The van der Waals surface area contributed by atoms with Crippen LogP contribution in [0.5, 0.6) is 0 Å². The second kappa shape index (κ2) is 9.53. The van der Waals surface area contributed by atoms with E-state index in [4.69, 9.17) is 10.2 Å². The van der Waals surface area contributed by atoms with Crippen molar-refractivity contribution in [2.75, 3.05) is 17.6 Å². The Morgan fingerprint density at radius 1 is 1.25 bits per heavy atom. The van der Waals surface area contributed by atoms with Crippen LogP contribution in [0.2, 0.25) is 0 Å². The van der Waals surface area contributed by atoms with E-state index in [0.29, 0.717) is 5.69 Å². The van der Waals surface area contributed by atoms with E-state index in [-0.39, 0.29) is 40.6 Å². The Kier molecular flexibility index (Phi) is 6.56. The first-order valence-corrected chi connectivity index (χ1v) is 11.7. The Morgan fingerprint density at radius 3 is 2.72 bits per heavy atom. The molecule has 1 aromatic carbocycles. The molecule has 1 saturated heterocycles. The predicted molar refractivity (Wildman–Crippen MR) is 121 cm³/mol. The standard InChI is InChI=1S/C21H25N7O3S/c1-12(2)32(30)14-8-6-13(7-9-14)16-11-24-18(22)17(25-16)20-27-28-21(31-20)26-19(29)15-5-3-4-10-23-15/h6-9,11-12,15,23H,3-5,10H2,1-2H3,(H2,22,24)(H,26,28,29). The van der Waals surface area contributed by atoms with Crippen molar-refractivity contribution < 1.29 is 13.4 Å². The van der Waals surface area contributed by atoms with Gasteiger partial charge in [0.1, 0.15) is 0 Å². The van der Waals surface area contributed by atoms with Crippen molar-refractivity contribution >= 4 is 28.5 Å². The Bertz CT molecular complexity index is 1120. The number of anilines is 2. The third-order valence-electron chi connectivity index (χ3n) is 5.10. The van der Waals surface area contributed by atoms with Gasteiger partial charge in [0.25, 0.3) is 5.89 Å². The minimum atomic E-state index is -1.07. The smallest absolute Gasteiger partial charge is 0.322 e. The summed E-state index contributed by atoms with van der Waals surface area (Å²) in [5.41, 5.74) is 7.53. The van der Waals surface area contributed by atoms with Crippen LogP contribution in [0.25, 0.3) is 22.8 Å². The number of aromatic nitrogens is 4. The van der Waals surface area contributed by atoms with Crippen molar-refractivity contribution in [2.24, 2.45) is 0 Å². The molecule has 0 radical (unpaired) electrons. The molecule has 1 aliphatic rings. The van der Waals surface area contributed by atoms with Gasteiger partial charge < -0.3 is 15.5 Å². The molecule has 0 aliphatic carbocycles. The van der Waals surface area contributed by atoms with Crippen molar-refractivity contribution in [2.45, 2.75) is 49.3 Å². The lowest BCUT2D eigenvalue weighted by atomic mass is 10.0. The van der Waals surface area contributed by atoms with Crippen molar-refractivity contribution in [3.8, 4) is 22.8 Å². The van der Waals surface area contributed by atoms with Gasteiger partial charge >= 0.3 is 6.01 Å². The molecule has 168 valence electrons. The number of nitrogen functional groups attached to an aromatic ring is 1. The van der Waals surface area contributed by atoms with Crippen LogP contribution in [-0.2, 0) is 15.6 Å². The van der Waals surface area contributed by atoms with E-state index >= 15 is 0 Å². The van der Waals surface area contributed by atoms with E-state index in [1.807, 2.05) is 38.1 Å². The summed E-state index contributed by atoms with van der Waals surface area (Å²) in [6.07, 6.45) is 4.35. The normalized spacial score (nSPS) is 17.3. The van der Waals surface area contributed by atoms with Gasteiger partial charge in [0.05, 0.1) is 28.7 Å². The highest BCUT2D eigenvalue weighted by molar-refractivity contribution is 7.85. The van der Waals surface area contributed by atoms with Crippen LogP contribution in [0, 0.1) is 0 Å². The molecular weight excluding hydrogens is 430 g/mol. The van der Waals surface area contributed by atoms with Gasteiger partial charge in [-0.3, -0.25) is 14.3 Å². The summed E-state index contributed by atoms with van der Waals surface area (Å²) in [6.45, 7) is 4.63. The number of rotatable bonds is 6. The molecule has 10 nitrogen and oxygen atoms in total. The Morgan fingerprint density at radius 2 is 2.03 bits per heavy atom. The fraction of sp³-hybridized carbons (Fsp3) is 0.381. The molecule has 0 saturated carbocycles. The fourth-order valence-electron chi connectivity index (χ4n) is 3.36. The average Bonchev–Trinajstić information content (AvgIpc) is 3.27. The number of nitrogens with two attached hydrogens (primary N) is 1. The molecule has 1 aliphatic heterocycles. The highest BCUT2D eigenvalue weighted by atomic mass is 32.2. The van der Waals surface area contributed by atoms with Gasteiger partial charge in [0, 0.05) is 15.7 Å². The van der Waals surface area contributed by atoms with Crippen LogP contribution < -0.4 is 16.4 Å². The van der Waals surface area contributed by atoms with Crippen LogP contribution in [0.15, 0.2) is 39.8 Å². The first-order valence-electron chi connectivity index (χ1n) is 10.4. The third kappa shape index (κ3) is 4.83. The zero-order valence-electron chi connectivity index (χ0n) is 17.9.